The van der Waals surface area contributed by atoms with Crippen molar-refractivity contribution in [2.75, 3.05) is 13.1 Å². The highest BCUT2D eigenvalue weighted by Gasteiger charge is 2.19. The van der Waals surface area contributed by atoms with E-state index in [2.05, 4.69) is 20.8 Å². The monoisotopic (exact) mass is 434 g/mol. The molecule has 4 rings (SSSR count). The maximum absolute atomic E-state index is 12.9. The van der Waals surface area contributed by atoms with E-state index in [1.165, 1.54) is 0 Å². The molecule has 0 saturated carbocycles. The van der Waals surface area contributed by atoms with Gasteiger partial charge in [0.05, 0.1) is 22.3 Å². The standard InChI is InChI=1S/C23H19ClN4O3/c1-14-20-18(13-19(27-23(20)31-28-14)15-5-3-2-4-6-15)22(30)26-12-11-25-21(29)16-7-9-17(24)10-8-16/h2-10,13H,11-12H2,1H3,(H,25,29)(H,26,30). The number of aryl methyl sites for hydroxylation is 1. The summed E-state index contributed by atoms with van der Waals surface area (Å²) in [5.74, 6) is -0.532. The third kappa shape index (κ3) is 4.57. The molecule has 7 nitrogen and oxygen atoms in total. The molecule has 0 aliphatic heterocycles. The van der Waals surface area contributed by atoms with Crippen LogP contribution in [0.3, 0.4) is 0 Å². The van der Waals surface area contributed by atoms with Gasteiger partial charge < -0.3 is 15.2 Å². The van der Waals surface area contributed by atoms with Gasteiger partial charge in [0.1, 0.15) is 0 Å². The lowest BCUT2D eigenvalue weighted by Gasteiger charge is -2.09. The molecule has 0 aliphatic carbocycles. The van der Waals surface area contributed by atoms with Crippen LogP contribution >= 0.6 is 11.6 Å². The van der Waals surface area contributed by atoms with E-state index in [4.69, 9.17) is 16.1 Å². The molecule has 0 radical (unpaired) electrons. The van der Waals surface area contributed by atoms with Crippen LogP contribution in [0, 0.1) is 6.92 Å². The predicted octanol–water partition coefficient (Wildman–Crippen LogP) is 4.01. The summed E-state index contributed by atoms with van der Waals surface area (Å²) in [5, 5.41) is 10.7. The smallest absolute Gasteiger partial charge is 0.259 e. The molecule has 2 amide bonds. The highest BCUT2D eigenvalue weighted by atomic mass is 35.5. The first-order valence-electron chi connectivity index (χ1n) is 9.67. The minimum absolute atomic E-state index is 0.238. The molecule has 0 fully saturated rings. The number of hydrogen-bond donors (Lipinski definition) is 2. The summed E-state index contributed by atoms with van der Waals surface area (Å²) in [4.78, 5) is 29.6. The molecule has 8 heteroatoms. The van der Waals surface area contributed by atoms with Crippen LogP contribution in [0.4, 0.5) is 0 Å². The fourth-order valence-electron chi connectivity index (χ4n) is 3.18. The first kappa shape index (κ1) is 20.6. The molecular weight excluding hydrogens is 416 g/mol. The van der Waals surface area contributed by atoms with Gasteiger partial charge in [0, 0.05) is 29.2 Å². The van der Waals surface area contributed by atoms with Gasteiger partial charge in [-0.3, -0.25) is 9.59 Å². The van der Waals surface area contributed by atoms with Crippen molar-refractivity contribution in [2.45, 2.75) is 6.92 Å². The van der Waals surface area contributed by atoms with E-state index in [-0.39, 0.29) is 24.9 Å². The van der Waals surface area contributed by atoms with Gasteiger partial charge in [0.25, 0.3) is 17.5 Å². The molecule has 2 N–H and O–H groups in total. The number of benzene rings is 2. The molecule has 0 aliphatic rings. The second kappa shape index (κ2) is 8.97. The van der Waals surface area contributed by atoms with Crippen molar-refractivity contribution in [3.05, 3.63) is 82.5 Å². The number of pyridine rings is 1. The van der Waals surface area contributed by atoms with Crippen LogP contribution in [0.2, 0.25) is 5.02 Å². The Balaban J connectivity index is 1.46. The Labute approximate surface area is 183 Å². The van der Waals surface area contributed by atoms with Crippen molar-refractivity contribution in [1.82, 2.24) is 20.8 Å². The molecule has 156 valence electrons. The van der Waals surface area contributed by atoms with Crippen LogP contribution in [0.1, 0.15) is 26.4 Å². The van der Waals surface area contributed by atoms with Crippen LogP contribution in [-0.4, -0.2) is 35.0 Å². The molecule has 4 aromatic rings. The van der Waals surface area contributed by atoms with Gasteiger partial charge in [-0.1, -0.05) is 47.1 Å². The van der Waals surface area contributed by atoms with Gasteiger partial charge in [-0.25, -0.2) is 4.98 Å². The number of hydrogen-bond acceptors (Lipinski definition) is 5. The lowest BCUT2D eigenvalue weighted by Crippen LogP contribution is -2.34. The van der Waals surface area contributed by atoms with E-state index < -0.39 is 0 Å². The molecular formula is C23H19ClN4O3. The SMILES string of the molecule is Cc1noc2nc(-c3ccccc3)cc(C(=O)NCCNC(=O)c3ccc(Cl)cc3)c12. The molecule has 2 aromatic heterocycles. The molecule has 2 heterocycles. The minimum Gasteiger partial charge on any atom is -0.350 e. The number of aromatic nitrogens is 2. The van der Waals surface area contributed by atoms with Crippen molar-refractivity contribution in [2.24, 2.45) is 0 Å². The highest BCUT2D eigenvalue weighted by Crippen LogP contribution is 2.26. The van der Waals surface area contributed by atoms with Crippen molar-refractivity contribution in [1.29, 1.82) is 0 Å². The predicted molar refractivity (Wildman–Crippen MR) is 118 cm³/mol. The quantitative estimate of drug-likeness (QED) is 0.447. The van der Waals surface area contributed by atoms with E-state index in [0.29, 0.717) is 38.6 Å². The van der Waals surface area contributed by atoms with Crippen LogP contribution < -0.4 is 10.6 Å². The second-order valence-corrected chi connectivity index (χ2v) is 7.32. The average molecular weight is 435 g/mol. The number of nitrogens with one attached hydrogen (secondary N) is 2. The van der Waals surface area contributed by atoms with Gasteiger partial charge in [-0.2, -0.15) is 0 Å². The Bertz CT molecular complexity index is 1240. The van der Waals surface area contributed by atoms with Crippen LogP contribution in [0.5, 0.6) is 0 Å². The van der Waals surface area contributed by atoms with E-state index in [1.54, 1.807) is 37.3 Å². The number of nitrogens with zero attached hydrogens (tertiary/aromatic N) is 2. The fourth-order valence-corrected chi connectivity index (χ4v) is 3.31. The zero-order chi connectivity index (χ0) is 21.8. The summed E-state index contributed by atoms with van der Waals surface area (Å²) in [6, 6.07) is 17.8. The number of fused-ring (bicyclic) bond motifs is 1. The first-order valence-corrected chi connectivity index (χ1v) is 10.0. The van der Waals surface area contributed by atoms with Crippen molar-refractivity contribution < 1.29 is 14.1 Å². The zero-order valence-corrected chi connectivity index (χ0v) is 17.4. The van der Waals surface area contributed by atoms with Gasteiger partial charge in [0.15, 0.2) is 0 Å². The Kier molecular flexibility index (Phi) is 5.95. The summed E-state index contributed by atoms with van der Waals surface area (Å²) < 4.78 is 5.31. The van der Waals surface area contributed by atoms with Crippen LogP contribution in [0.15, 0.2) is 65.2 Å². The summed E-state index contributed by atoms with van der Waals surface area (Å²) >= 11 is 5.84. The summed E-state index contributed by atoms with van der Waals surface area (Å²) in [5.41, 5.74) is 3.29. The van der Waals surface area contributed by atoms with Crippen LogP contribution in [0.25, 0.3) is 22.4 Å². The largest absolute Gasteiger partial charge is 0.350 e. The molecule has 0 spiro atoms. The Morgan fingerprint density at radius 3 is 2.35 bits per heavy atom. The first-order chi connectivity index (χ1) is 15.0. The van der Waals surface area contributed by atoms with Crippen LogP contribution in [-0.2, 0) is 0 Å². The van der Waals surface area contributed by atoms with Gasteiger partial charge in [-0.15, -0.1) is 0 Å². The molecule has 0 bridgehead atoms. The highest BCUT2D eigenvalue weighted by molar-refractivity contribution is 6.30. The molecule has 0 unspecified atom stereocenters. The maximum atomic E-state index is 12.9. The summed E-state index contributed by atoms with van der Waals surface area (Å²) in [7, 11) is 0. The maximum Gasteiger partial charge on any atom is 0.259 e. The number of halogens is 1. The van der Waals surface area contributed by atoms with Gasteiger partial charge in [0.2, 0.25) is 0 Å². The molecule has 2 aromatic carbocycles. The van der Waals surface area contributed by atoms with Crippen molar-refractivity contribution in [3.63, 3.8) is 0 Å². The minimum atomic E-state index is -0.295. The zero-order valence-electron chi connectivity index (χ0n) is 16.7. The summed E-state index contributed by atoms with van der Waals surface area (Å²) in [6.45, 7) is 2.29. The number of amides is 2. The molecule has 31 heavy (non-hydrogen) atoms. The molecule has 0 atom stereocenters. The topological polar surface area (TPSA) is 97.1 Å². The lowest BCUT2D eigenvalue weighted by molar-refractivity contribution is 0.0928. The number of carbonyl (C=O) groups is 2. The Morgan fingerprint density at radius 2 is 1.65 bits per heavy atom. The number of rotatable bonds is 6. The van der Waals surface area contributed by atoms with Gasteiger partial charge >= 0.3 is 0 Å². The Morgan fingerprint density at radius 1 is 0.968 bits per heavy atom. The molecule has 0 saturated heterocycles. The Hall–Kier alpha value is -3.71. The number of carbonyl (C=O) groups excluding carboxylic acids is 2. The third-order valence-electron chi connectivity index (χ3n) is 4.73. The van der Waals surface area contributed by atoms with Crippen molar-refractivity contribution in [3.8, 4) is 11.3 Å². The lowest BCUT2D eigenvalue weighted by atomic mass is 10.1. The fraction of sp³-hybridized carbons (Fsp3) is 0.130. The van der Waals surface area contributed by atoms with Crippen molar-refractivity contribution >= 4 is 34.5 Å². The van der Waals surface area contributed by atoms with Gasteiger partial charge in [-0.05, 0) is 37.3 Å². The van der Waals surface area contributed by atoms with E-state index >= 15 is 0 Å². The average Bonchev–Trinajstić information content (AvgIpc) is 3.17. The third-order valence-corrected chi connectivity index (χ3v) is 4.99. The summed E-state index contributed by atoms with van der Waals surface area (Å²) in [6.07, 6.45) is 0. The van der Waals surface area contributed by atoms with E-state index in [0.717, 1.165) is 5.56 Å². The second-order valence-electron chi connectivity index (χ2n) is 6.89. The normalized spacial score (nSPS) is 10.8. The van der Waals surface area contributed by atoms with E-state index in [9.17, 15) is 9.59 Å². The van der Waals surface area contributed by atoms with E-state index in [1.807, 2.05) is 30.3 Å².